The van der Waals surface area contributed by atoms with E-state index in [1.54, 1.807) is 0 Å². The van der Waals surface area contributed by atoms with Gasteiger partial charge in [-0.25, -0.2) is 0 Å². The zero-order valence-electron chi connectivity index (χ0n) is 13.2. The number of fused-ring (bicyclic) bond motifs is 3. The Labute approximate surface area is 133 Å². The summed E-state index contributed by atoms with van der Waals surface area (Å²) in [6.07, 6.45) is 5.77. The van der Waals surface area contributed by atoms with Crippen molar-refractivity contribution in [2.75, 3.05) is 32.7 Å². The van der Waals surface area contributed by atoms with Gasteiger partial charge in [-0.15, -0.1) is 0 Å². The first-order valence-electron chi connectivity index (χ1n) is 8.70. The topological polar surface area (TPSA) is 26.7 Å². The average Bonchev–Trinajstić information content (AvgIpc) is 2.60. The molecule has 1 aromatic carbocycles. The monoisotopic (exact) mass is 298 g/mol. The predicted molar refractivity (Wildman–Crippen MR) is 89.6 cm³/mol. The van der Waals surface area contributed by atoms with E-state index in [9.17, 15) is 5.11 Å². The lowest BCUT2D eigenvalue weighted by Gasteiger charge is -2.50. The van der Waals surface area contributed by atoms with Crippen molar-refractivity contribution in [3.63, 3.8) is 0 Å². The first-order valence-corrected chi connectivity index (χ1v) is 8.70. The van der Waals surface area contributed by atoms with Gasteiger partial charge in [-0.2, -0.15) is 0 Å². The van der Waals surface area contributed by atoms with Gasteiger partial charge in [0.1, 0.15) is 0 Å². The van der Waals surface area contributed by atoms with Gasteiger partial charge in [0.25, 0.3) is 0 Å². The van der Waals surface area contributed by atoms with Gasteiger partial charge in [0.15, 0.2) is 0 Å². The fourth-order valence-electron chi connectivity index (χ4n) is 4.40. The maximum absolute atomic E-state index is 10.5. The van der Waals surface area contributed by atoms with Gasteiger partial charge in [0.2, 0.25) is 0 Å². The first kappa shape index (κ1) is 14.4. The largest absolute Gasteiger partial charge is 0.391 e. The van der Waals surface area contributed by atoms with Crippen LogP contribution in [-0.2, 0) is 0 Å². The summed E-state index contributed by atoms with van der Waals surface area (Å²) in [5.41, 5.74) is 2.84. The van der Waals surface area contributed by atoms with E-state index in [4.69, 9.17) is 0 Å². The molecule has 3 nitrogen and oxygen atoms in total. The number of benzene rings is 1. The second kappa shape index (κ2) is 6.15. The maximum Gasteiger partial charge on any atom is 0.0736 e. The minimum Gasteiger partial charge on any atom is -0.391 e. The normalized spacial score (nSPS) is 35.4. The van der Waals surface area contributed by atoms with Gasteiger partial charge in [-0.3, -0.25) is 9.80 Å². The minimum atomic E-state index is -0.109. The summed E-state index contributed by atoms with van der Waals surface area (Å²) < 4.78 is 0. The Balaban J connectivity index is 1.39. The number of piperidine rings is 3. The SMILES string of the molecule is OC1C2CCN(CC2)C1CN1CC=C(c2ccccc2)CC1. The molecule has 1 aromatic rings. The summed E-state index contributed by atoms with van der Waals surface area (Å²) in [7, 11) is 0. The summed E-state index contributed by atoms with van der Waals surface area (Å²) in [6.45, 7) is 5.53. The zero-order chi connectivity index (χ0) is 14.9. The van der Waals surface area contributed by atoms with Crippen LogP contribution in [0.2, 0.25) is 0 Å². The van der Waals surface area contributed by atoms with Crippen molar-refractivity contribution in [2.24, 2.45) is 5.92 Å². The molecule has 5 rings (SSSR count). The summed E-state index contributed by atoms with van der Waals surface area (Å²) in [4.78, 5) is 5.03. The number of hydrogen-bond donors (Lipinski definition) is 1. The fourth-order valence-corrected chi connectivity index (χ4v) is 4.40. The van der Waals surface area contributed by atoms with Gasteiger partial charge in [-0.05, 0) is 49.4 Å². The third kappa shape index (κ3) is 2.73. The molecule has 3 saturated heterocycles. The molecule has 1 N–H and O–H groups in total. The molecule has 3 fully saturated rings. The van der Waals surface area contributed by atoms with Crippen LogP contribution >= 0.6 is 0 Å². The zero-order valence-corrected chi connectivity index (χ0v) is 13.2. The van der Waals surface area contributed by atoms with E-state index in [-0.39, 0.29) is 6.10 Å². The number of nitrogens with zero attached hydrogens (tertiary/aromatic N) is 2. The highest BCUT2D eigenvalue weighted by Crippen LogP contribution is 2.33. The van der Waals surface area contributed by atoms with Crippen molar-refractivity contribution in [3.8, 4) is 0 Å². The Morgan fingerprint density at radius 3 is 2.45 bits per heavy atom. The van der Waals surface area contributed by atoms with E-state index in [1.165, 1.54) is 37.1 Å². The van der Waals surface area contributed by atoms with Crippen LogP contribution in [0, 0.1) is 5.92 Å². The molecule has 0 spiro atoms. The van der Waals surface area contributed by atoms with E-state index < -0.39 is 0 Å². The summed E-state index contributed by atoms with van der Waals surface area (Å²) in [5.74, 6) is 0.551. The van der Waals surface area contributed by atoms with Crippen molar-refractivity contribution >= 4 is 5.57 Å². The molecular weight excluding hydrogens is 272 g/mol. The molecule has 3 heteroatoms. The van der Waals surface area contributed by atoms with Crippen LogP contribution in [-0.4, -0.2) is 59.8 Å². The molecule has 2 unspecified atom stereocenters. The quantitative estimate of drug-likeness (QED) is 0.927. The van der Waals surface area contributed by atoms with Crippen molar-refractivity contribution < 1.29 is 5.11 Å². The van der Waals surface area contributed by atoms with Gasteiger partial charge >= 0.3 is 0 Å². The molecule has 4 aliphatic rings. The molecule has 0 aromatic heterocycles. The predicted octanol–water partition coefficient (Wildman–Crippen LogP) is 2.23. The van der Waals surface area contributed by atoms with Crippen LogP contribution in [0.3, 0.4) is 0 Å². The van der Waals surface area contributed by atoms with E-state index in [0.717, 1.165) is 26.1 Å². The molecule has 0 amide bonds. The Morgan fingerprint density at radius 1 is 1.05 bits per heavy atom. The standard InChI is InChI=1S/C19H26N2O/c22-19-17-8-12-21(13-9-17)18(19)14-20-10-6-16(7-11-20)15-4-2-1-3-5-15/h1-6,17-19,22H,7-14H2. The van der Waals surface area contributed by atoms with E-state index >= 15 is 0 Å². The Morgan fingerprint density at radius 2 is 1.82 bits per heavy atom. The van der Waals surface area contributed by atoms with Crippen LogP contribution in [0.15, 0.2) is 36.4 Å². The number of aliphatic hydroxyl groups is 1. The molecular formula is C19H26N2O. The second-order valence-corrected chi connectivity index (χ2v) is 7.04. The van der Waals surface area contributed by atoms with Crippen molar-refractivity contribution in [1.82, 2.24) is 9.80 Å². The molecule has 0 aliphatic carbocycles. The smallest absolute Gasteiger partial charge is 0.0736 e. The van der Waals surface area contributed by atoms with Crippen LogP contribution in [0.1, 0.15) is 24.8 Å². The molecule has 22 heavy (non-hydrogen) atoms. The van der Waals surface area contributed by atoms with Gasteiger partial charge in [0.05, 0.1) is 6.10 Å². The van der Waals surface area contributed by atoms with Gasteiger partial charge in [0, 0.05) is 25.7 Å². The molecule has 4 aliphatic heterocycles. The lowest BCUT2D eigenvalue weighted by atomic mass is 9.80. The third-order valence-electron chi connectivity index (χ3n) is 5.80. The second-order valence-electron chi connectivity index (χ2n) is 7.04. The van der Waals surface area contributed by atoms with Crippen LogP contribution in [0.25, 0.3) is 5.57 Å². The highest BCUT2D eigenvalue weighted by atomic mass is 16.3. The highest BCUT2D eigenvalue weighted by molar-refractivity contribution is 5.66. The number of hydrogen-bond acceptors (Lipinski definition) is 3. The van der Waals surface area contributed by atoms with E-state index in [0.29, 0.717) is 12.0 Å². The van der Waals surface area contributed by atoms with Crippen LogP contribution in [0.5, 0.6) is 0 Å². The first-order chi connectivity index (χ1) is 10.8. The number of rotatable bonds is 3. The summed E-state index contributed by atoms with van der Waals surface area (Å²) in [6, 6.07) is 11.1. The fraction of sp³-hybridized carbons (Fsp3) is 0.579. The van der Waals surface area contributed by atoms with Crippen LogP contribution in [0.4, 0.5) is 0 Å². The van der Waals surface area contributed by atoms with Gasteiger partial charge in [-0.1, -0.05) is 36.4 Å². The van der Waals surface area contributed by atoms with Gasteiger partial charge < -0.3 is 5.11 Å². The van der Waals surface area contributed by atoms with E-state index in [2.05, 4.69) is 46.2 Å². The molecule has 2 bridgehead atoms. The summed E-state index contributed by atoms with van der Waals surface area (Å²) in [5, 5.41) is 10.5. The lowest BCUT2D eigenvalue weighted by molar-refractivity contribution is -0.0808. The van der Waals surface area contributed by atoms with Crippen molar-refractivity contribution in [1.29, 1.82) is 0 Å². The molecule has 0 radical (unpaired) electrons. The van der Waals surface area contributed by atoms with E-state index in [1.807, 2.05) is 0 Å². The third-order valence-corrected chi connectivity index (χ3v) is 5.80. The Kier molecular flexibility index (Phi) is 4.03. The molecule has 0 saturated carbocycles. The molecule has 118 valence electrons. The maximum atomic E-state index is 10.5. The Hall–Kier alpha value is -1.16. The van der Waals surface area contributed by atoms with Crippen LogP contribution < -0.4 is 0 Å². The number of aliphatic hydroxyl groups excluding tert-OH is 1. The van der Waals surface area contributed by atoms with Crippen molar-refractivity contribution in [2.45, 2.75) is 31.4 Å². The Bertz CT molecular complexity index is 532. The minimum absolute atomic E-state index is 0.109. The average molecular weight is 298 g/mol. The van der Waals surface area contributed by atoms with Crippen molar-refractivity contribution in [3.05, 3.63) is 42.0 Å². The molecule has 4 heterocycles. The highest BCUT2D eigenvalue weighted by Gasteiger charge is 2.41. The summed E-state index contributed by atoms with van der Waals surface area (Å²) >= 11 is 0. The lowest BCUT2D eigenvalue weighted by Crippen LogP contribution is -2.61. The molecule has 2 atom stereocenters.